The number of benzene rings is 1. The third-order valence-corrected chi connectivity index (χ3v) is 4.80. The molecule has 1 aromatic heterocycles. The van der Waals surface area contributed by atoms with E-state index in [0.717, 1.165) is 21.7 Å². The number of rotatable bonds is 2. The molecule has 1 unspecified atom stereocenters. The summed E-state index contributed by atoms with van der Waals surface area (Å²) in [7, 11) is 0. The molecule has 0 fully saturated rings. The number of nitrogens with one attached hydrogen (secondary N) is 1. The third kappa shape index (κ3) is 2.16. The Bertz CT molecular complexity index is 665. The topological polar surface area (TPSA) is 55.1 Å². The van der Waals surface area contributed by atoms with Gasteiger partial charge in [-0.25, -0.2) is 0 Å². The lowest BCUT2D eigenvalue weighted by Gasteiger charge is -2.15. The molecule has 0 saturated heterocycles. The van der Waals surface area contributed by atoms with Gasteiger partial charge in [0, 0.05) is 15.6 Å². The van der Waals surface area contributed by atoms with Crippen LogP contribution in [0.3, 0.4) is 0 Å². The number of hydrogen-bond acceptors (Lipinski definition) is 3. The molecule has 1 amide bonds. The summed E-state index contributed by atoms with van der Waals surface area (Å²) in [6.07, 6.45) is 0.398. The average molecular weight is 293 g/mol. The molecule has 2 aromatic rings. The van der Waals surface area contributed by atoms with Gasteiger partial charge in [0.2, 0.25) is 5.91 Å². The van der Waals surface area contributed by atoms with Crippen molar-refractivity contribution >= 4 is 34.5 Å². The SMILES string of the molecule is Cc1ccsc1C(N)c1cc2c(cc1Cl)NC(=O)C2. The van der Waals surface area contributed by atoms with Gasteiger partial charge < -0.3 is 11.1 Å². The van der Waals surface area contributed by atoms with Gasteiger partial charge in [0.15, 0.2) is 0 Å². The second-order valence-electron chi connectivity index (χ2n) is 4.70. The highest BCUT2D eigenvalue weighted by atomic mass is 35.5. The maximum absolute atomic E-state index is 11.4. The molecule has 1 aliphatic rings. The van der Waals surface area contributed by atoms with E-state index >= 15 is 0 Å². The Balaban J connectivity index is 2.05. The molecule has 1 aromatic carbocycles. The highest BCUT2D eigenvalue weighted by Crippen LogP contribution is 2.36. The smallest absolute Gasteiger partial charge is 0.228 e. The number of carbonyl (C=O) groups is 1. The number of hydrogen-bond donors (Lipinski definition) is 2. The van der Waals surface area contributed by atoms with Crippen molar-refractivity contribution < 1.29 is 4.79 Å². The van der Waals surface area contributed by atoms with Crippen molar-refractivity contribution in [1.82, 2.24) is 0 Å². The minimum absolute atomic E-state index is 0.00379. The number of halogens is 1. The van der Waals surface area contributed by atoms with Crippen LogP contribution in [0.1, 0.15) is 27.6 Å². The Hall–Kier alpha value is -1.36. The molecule has 98 valence electrons. The van der Waals surface area contributed by atoms with Gasteiger partial charge >= 0.3 is 0 Å². The quantitative estimate of drug-likeness (QED) is 0.893. The van der Waals surface area contributed by atoms with E-state index in [-0.39, 0.29) is 11.9 Å². The maximum Gasteiger partial charge on any atom is 0.228 e. The van der Waals surface area contributed by atoms with Crippen molar-refractivity contribution in [3.63, 3.8) is 0 Å². The lowest BCUT2D eigenvalue weighted by atomic mass is 10.00. The predicted molar refractivity (Wildman–Crippen MR) is 78.9 cm³/mol. The van der Waals surface area contributed by atoms with Crippen LogP contribution in [0.5, 0.6) is 0 Å². The molecule has 3 N–H and O–H groups in total. The summed E-state index contributed by atoms with van der Waals surface area (Å²) in [6.45, 7) is 2.04. The molecule has 19 heavy (non-hydrogen) atoms. The Morgan fingerprint density at radius 3 is 2.95 bits per heavy atom. The lowest BCUT2D eigenvalue weighted by Crippen LogP contribution is -2.12. The summed E-state index contributed by atoms with van der Waals surface area (Å²) in [4.78, 5) is 12.5. The van der Waals surface area contributed by atoms with Crippen LogP contribution < -0.4 is 11.1 Å². The fourth-order valence-corrected chi connectivity index (χ4v) is 3.58. The minimum atomic E-state index is -0.242. The molecule has 1 atom stereocenters. The summed E-state index contributed by atoms with van der Waals surface area (Å²) in [5, 5.41) is 5.41. The molecule has 1 aliphatic heterocycles. The number of aryl methyl sites for hydroxylation is 1. The summed E-state index contributed by atoms with van der Waals surface area (Å²) in [6, 6.07) is 5.54. The van der Waals surface area contributed by atoms with Gasteiger partial charge in [0.1, 0.15) is 0 Å². The van der Waals surface area contributed by atoms with E-state index in [9.17, 15) is 4.79 Å². The number of amides is 1. The van der Waals surface area contributed by atoms with E-state index in [1.165, 1.54) is 5.56 Å². The van der Waals surface area contributed by atoms with Crippen LogP contribution in [0.15, 0.2) is 23.6 Å². The highest BCUT2D eigenvalue weighted by molar-refractivity contribution is 7.10. The molecule has 0 aliphatic carbocycles. The number of fused-ring (bicyclic) bond motifs is 1. The highest BCUT2D eigenvalue weighted by Gasteiger charge is 2.23. The molecule has 5 heteroatoms. The number of carbonyl (C=O) groups excluding carboxylic acids is 1. The second kappa shape index (κ2) is 4.63. The van der Waals surface area contributed by atoms with Gasteiger partial charge in [0.05, 0.1) is 12.5 Å². The third-order valence-electron chi connectivity index (χ3n) is 3.37. The van der Waals surface area contributed by atoms with Crippen molar-refractivity contribution in [2.75, 3.05) is 5.32 Å². The van der Waals surface area contributed by atoms with Gasteiger partial charge in [-0.2, -0.15) is 0 Å². The van der Waals surface area contributed by atoms with Crippen molar-refractivity contribution in [2.24, 2.45) is 5.73 Å². The van der Waals surface area contributed by atoms with Crippen LogP contribution in [0, 0.1) is 6.92 Å². The fourth-order valence-electron chi connectivity index (χ4n) is 2.35. The maximum atomic E-state index is 11.4. The average Bonchev–Trinajstić information content (AvgIpc) is 2.92. The molecular formula is C14H13ClN2OS. The Kier molecular flexibility index (Phi) is 3.09. The first kappa shape index (κ1) is 12.7. The summed E-state index contributed by atoms with van der Waals surface area (Å²) in [5.41, 5.74) is 10.1. The van der Waals surface area contributed by atoms with E-state index in [4.69, 9.17) is 17.3 Å². The molecule has 0 spiro atoms. The van der Waals surface area contributed by atoms with Crippen LogP contribution in [0.4, 0.5) is 5.69 Å². The van der Waals surface area contributed by atoms with E-state index < -0.39 is 0 Å². The number of nitrogens with two attached hydrogens (primary N) is 1. The summed E-state index contributed by atoms with van der Waals surface area (Å²) < 4.78 is 0. The van der Waals surface area contributed by atoms with E-state index in [2.05, 4.69) is 5.32 Å². The van der Waals surface area contributed by atoms with Crippen molar-refractivity contribution in [3.05, 3.63) is 50.2 Å². The molecule has 0 radical (unpaired) electrons. The molecular weight excluding hydrogens is 280 g/mol. The molecule has 2 heterocycles. The van der Waals surface area contributed by atoms with Gasteiger partial charge in [0.25, 0.3) is 0 Å². The van der Waals surface area contributed by atoms with E-state index in [0.29, 0.717) is 11.4 Å². The first-order valence-electron chi connectivity index (χ1n) is 5.98. The first-order chi connectivity index (χ1) is 9.06. The monoisotopic (exact) mass is 292 g/mol. The minimum Gasteiger partial charge on any atom is -0.325 e. The molecule has 3 nitrogen and oxygen atoms in total. The zero-order valence-electron chi connectivity index (χ0n) is 10.4. The van der Waals surface area contributed by atoms with Gasteiger partial charge in [-0.1, -0.05) is 11.6 Å². The van der Waals surface area contributed by atoms with Gasteiger partial charge in [-0.3, -0.25) is 4.79 Å². The van der Waals surface area contributed by atoms with Crippen molar-refractivity contribution in [1.29, 1.82) is 0 Å². The van der Waals surface area contributed by atoms with Crippen LogP contribution in [-0.4, -0.2) is 5.91 Å². The number of thiophene rings is 1. The molecule has 0 saturated carbocycles. The zero-order valence-corrected chi connectivity index (χ0v) is 11.9. The zero-order chi connectivity index (χ0) is 13.6. The molecule has 3 rings (SSSR count). The Labute approximate surface area is 120 Å². The predicted octanol–water partition coefficient (Wildman–Crippen LogP) is 3.25. The van der Waals surface area contributed by atoms with Crippen LogP contribution in [0.25, 0.3) is 0 Å². The molecule has 0 bridgehead atoms. The normalized spacial score (nSPS) is 15.2. The number of anilines is 1. The second-order valence-corrected chi connectivity index (χ2v) is 6.06. The Morgan fingerprint density at radius 1 is 1.47 bits per heavy atom. The van der Waals surface area contributed by atoms with E-state index in [1.54, 1.807) is 17.4 Å². The van der Waals surface area contributed by atoms with Crippen LogP contribution in [-0.2, 0) is 11.2 Å². The first-order valence-corrected chi connectivity index (χ1v) is 7.24. The van der Waals surface area contributed by atoms with Gasteiger partial charge in [-0.05, 0) is 47.2 Å². The summed E-state index contributed by atoms with van der Waals surface area (Å²) >= 11 is 7.92. The van der Waals surface area contributed by atoms with Crippen LogP contribution in [0.2, 0.25) is 5.02 Å². The lowest BCUT2D eigenvalue weighted by molar-refractivity contribution is -0.115. The van der Waals surface area contributed by atoms with Gasteiger partial charge in [-0.15, -0.1) is 11.3 Å². The largest absolute Gasteiger partial charge is 0.325 e. The fraction of sp³-hybridized carbons (Fsp3) is 0.214. The van der Waals surface area contributed by atoms with Crippen LogP contribution >= 0.6 is 22.9 Å². The summed E-state index contributed by atoms with van der Waals surface area (Å²) in [5.74, 6) is 0.00379. The van der Waals surface area contributed by atoms with Crippen molar-refractivity contribution in [2.45, 2.75) is 19.4 Å². The Morgan fingerprint density at radius 2 is 2.26 bits per heavy atom. The van der Waals surface area contributed by atoms with Crippen molar-refractivity contribution in [3.8, 4) is 0 Å². The standard InChI is InChI=1S/C14H13ClN2OS/c1-7-2-3-19-14(7)13(16)9-4-8-5-12(18)17-11(8)6-10(9)15/h2-4,6,13H,5,16H2,1H3,(H,17,18). The van der Waals surface area contributed by atoms with E-state index in [1.807, 2.05) is 24.4 Å².